The number of aliphatic hydroxyl groups excluding tert-OH is 3. The Labute approximate surface area is 282 Å². The molecule has 3 aliphatic heterocycles. The molecule has 2 aromatic heterocycles. The average Bonchev–Trinajstić information content (AvgIpc) is 3.78. The van der Waals surface area contributed by atoms with E-state index >= 15 is 0 Å². The number of aliphatic hydroxyl groups is 3. The van der Waals surface area contributed by atoms with E-state index in [1.165, 1.54) is 30.5 Å². The summed E-state index contributed by atoms with van der Waals surface area (Å²) in [6.45, 7) is 0.104. The molecule has 3 aromatic rings. The van der Waals surface area contributed by atoms with Crippen molar-refractivity contribution in [3.63, 3.8) is 0 Å². The van der Waals surface area contributed by atoms with Crippen molar-refractivity contribution in [3.05, 3.63) is 59.5 Å². The second kappa shape index (κ2) is 13.4. The van der Waals surface area contributed by atoms with Crippen molar-refractivity contribution in [2.45, 2.75) is 106 Å². The van der Waals surface area contributed by atoms with E-state index < -0.39 is 49.0 Å². The normalized spacial score (nSPS) is 29.5. The van der Waals surface area contributed by atoms with E-state index in [0.717, 1.165) is 25.7 Å². The number of anilines is 1. The molecular weight excluding hydrogens is 671 g/mol. The molecule has 50 heavy (non-hydrogen) atoms. The summed E-state index contributed by atoms with van der Waals surface area (Å²) in [6, 6.07) is 9.06. The number of carboxylic acid groups (broad SMARTS) is 1. The van der Waals surface area contributed by atoms with Crippen molar-refractivity contribution in [2.75, 3.05) is 4.90 Å². The van der Waals surface area contributed by atoms with Gasteiger partial charge in [-0.25, -0.2) is 14.6 Å². The SMILES string of the molecule is O=C(OC1OC(C(=O)O)C(O)C(O)C1O)c1ccc(N2C3CCC2CC(OCc2c(-c4ccccc4OC(F)(F)F)noc2C2CC2)C3)nc1. The van der Waals surface area contributed by atoms with E-state index in [2.05, 4.69) is 19.8 Å². The predicted molar refractivity (Wildman–Crippen MR) is 162 cm³/mol. The highest BCUT2D eigenvalue weighted by molar-refractivity contribution is 5.89. The summed E-state index contributed by atoms with van der Waals surface area (Å²) in [5.74, 6) is -1.60. The number of fused-ring (bicyclic) bond motifs is 2. The highest BCUT2D eigenvalue weighted by atomic mass is 19.4. The summed E-state index contributed by atoms with van der Waals surface area (Å²) in [5, 5.41) is 43.4. The number of para-hydroxylation sites is 1. The number of hydrogen-bond acceptors (Lipinski definition) is 13. The molecular formula is C33H34F3N3O11. The lowest BCUT2D eigenvalue weighted by Gasteiger charge is -2.39. The molecule has 7 rings (SSSR count). The number of pyridine rings is 1. The number of ether oxygens (including phenoxy) is 4. The molecule has 7 atom stereocenters. The van der Waals surface area contributed by atoms with E-state index in [0.29, 0.717) is 30.0 Å². The largest absolute Gasteiger partial charge is 0.573 e. The number of aliphatic carboxylic acids is 1. The number of nitrogens with zero attached hydrogens (tertiary/aromatic N) is 3. The first kappa shape index (κ1) is 34.2. The average molecular weight is 706 g/mol. The number of rotatable bonds is 10. The molecule has 1 aromatic carbocycles. The van der Waals surface area contributed by atoms with Crippen molar-refractivity contribution in [3.8, 4) is 17.0 Å². The molecule has 4 N–H and O–H groups in total. The summed E-state index contributed by atoms with van der Waals surface area (Å²) in [6.07, 6.45) is -8.38. The third kappa shape index (κ3) is 6.87. The van der Waals surface area contributed by atoms with Crippen LogP contribution in [0.1, 0.15) is 66.1 Å². The maximum Gasteiger partial charge on any atom is 0.573 e. The monoisotopic (exact) mass is 705 g/mol. The van der Waals surface area contributed by atoms with Crippen LogP contribution in [0.5, 0.6) is 5.75 Å². The first-order valence-corrected chi connectivity index (χ1v) is 16.2. The van der Waals surface area contributed by atoms with Crippen LogP contribution in [0.15, 0.2) is 47.1 Å². The lowest BCUT2D eigenvalue weighted by atomic mass is 9.99. The summed E-state index contributed by atoms with van der Waals surface area (Å²) >= 11 is 0. The van der Waals surface area contributed by atoms with Gasteiger partial charge in [-0.1, -0.05) is 17.3 Å². The van der Waals surface area contributed by atoms with Crippen LogP contribution in [0.2, 0.25) is 0 Å². The van der Waals surface area contributed by atoms with E-state index in [1.807, 2.05) is 0 Å². The lowest BCUT2D eigenvalue weighted by Crippen LogP contribution is -2.60. The zero-order valence-corrected chi connectivity index (χ0v) is 26.3. The van der Waals surface area contributed by atoms with Crippen molar-refractivity contribution in [1.82, 2.24) is 10.1 Å². The number of alkyl halides is 3. The van der Waals surface area contributed by atoms with Crippen LogP contribution in [0, 0.1) is 0 Å². The first-order chi connectivity index (χ1) is 23.9. The van der Waals surface area contributed by atoms with Gasteiger partial charge in [0.15, 0.2) is 6.10 Å². The smallest absolute Gasteiger partial charge is 0.479 e. The molecule has 0 radical (unpaired) electrons. The van der Waals surface area contributed by atoms with E-state index in [-0.39, 0.29) is 53.3 Å². The maximum atomic E-state index is 13.2. The summed E-state index contributed by atoms with van der Waals surface area (Å²) < 4.78 is 65.9. The van der Waals surface area contributed by atoms with Gasteiger partial charge in [-0.15, -0.1) is 13.2 Å². The van der Waals surface area contributed by atoms with Crippen LogP contribution in [0.4, 0.5) is 19.0 Å². The number of piperidine rings is 1. The topological polar surface area (TPSA) is 194 Å². The Balaban J connectivity index is 0.999. The summed E-state index contributed by atoms with van der Waals surface area (Å²) in [4.78, 5) is 30.8. The van der Waals surface area contributed by atoms with Crippen LogP contribution in [0.25, 0.3) is 11.3 Å². The Kier molecular flexibility index (Phi) is 9.19. The van der Waals surface area contributed by atoms with Crippen LogP contribution >= 0.6 is 0 Å². The molecule has 1 saturated carbocycles. The van der Waals surface area contributed by atoms with Gasteiger partial charge in [0.1, 0.15) is 41.3 Å². The lowest BCUT2D eigenvalue weighted by molar-refractivity contribution is -0.278. The predicted octanol–water partition coefficient (Wildman–Crippen LogP) is 3.28. The van der Waals surface area contributed by atoms with Crippen LogP contribution in [-0.2, 0) is 25.6 Å². The van der Waals surface area contributed by atoms with Gasteiger partial charge in [-0.05, 0) is 62.8 Å². The Bertz CT molecular complexity index is 1700. The number of carbonyl (C=O) groups is 2. The molecule has 4 fully saturated rings. The van der Waals surface area contributed by atoms with Gasteiger partial charge >= 0.3 is 18.3 Å². The van der Waals surface area contributed by atoms with Gasteiger partial charge in [0.05, 0.1) is 18.3 Å². The van der Waals surface area contributed by atoms with E-state index in [9.17, 15) is 43.2 Å². The van der Waals surface area contributed by atoms with Crippen LogP contribution < -0.4 is 9.64 Å². The fraction of sp³-hybridized carbons (Fsp3) is 0.515. The van der Waals surface area contributed by atoms with Gasteiger partial charge in [0.2, 0.25) is 6.29 Å². The minimum Gasteiger partial charge on any atom is -0.479 e. The molecule has 268 valence electrons. The number of hydrogen-bond donors (Lipinski definition) is 4. The maximum absolute atomic E-state index is 13.2. The molecule has 17 heteroatoms. The quantitative estimate of drug-likeness (QED) is 0.225. The standard InChI is InChI=1S/C33H34F3N3O11/c34-33(35,36)49-22-4-2-1-3-20(22)24-21(28(50-38-24)15-5-6-15)14-46-19-11-17-8-9-18(12-19)39(17)23-10-7-16(13-37-23)31(45)48-32-27(42)25(40)26(41)29(47-32)30(43)44/h1-4,7,10,13,15,17-19,25-27,29,32,40-42H,5-6,8-9,11-12,14H2,(H,43,44). The first-order valence-electron chi connectivity index (χ1n) is 16.2. The Hall–Kier alpha value is -4.29. The second-order valence-electron chi connectivity index (χ2n) is 12.9. The van der Waals surface area contributed by atoms with Gasteiger partial charge in [-0.3, -0.25) is 0 Å². The van der Waals surface area contributed by atoms with Crippen molar-refractivity contribution < 1.29 is 66.7 Å². The van der Waals surface area contributed by atoms with Crippen molar-refractivity contribution >= 4 is 17.8 Å². The van der Waals surface area contributed by atoms with E-state index in [4.69, 9.17) is 18.7 Å². The third-order valence-electron chi connectivity index (χ3n) is 9.57. The minimum absolute atomic E-state index is 0.0131. The van der Waals surface area contributed by atoms with E-state index in [1.54, 1.807) is 12.1 Å². The fourth-order valence-corrected chi connectivity index (χ4v) is 7.04. The molecule has 7 unspecified atom stereocenters. The zero-order chi connectivity index (χ0) is 35.3. The fourth-order valence-electron chi connectivity index (χ4n) is 7.04. The van der Waals surface area contributed by atoms with Gasteiger partial charge < -0.3 is 48.8 Å². The Morgan fingerprint density at radius 1 is 0.960 bits per heavy atom. The highest BCUT2D eigenvalue weighted by Gasteiger charge is 2.49. The molecule has 5 heterocycles. The highest BCUT2D eigenvalue weighted by Crippen LogP contribution is 2.46. The van der Waals surface area contributed by atoms with Crippen molar-refractivity contribution in [1.29, 1.82) is 0 Å². The number of esters is 1. The number of carboxylic acids is 1. The van der Waals surface area contributed by atoms with Crippen LogP contribution in [-0.4, -0.2) is 97.8 Å². The Morgan fingerprint density at radius 3 is 2.32 bits per heavy atom. The molecule has 4 aliphatic rings. The number of halogens is 3. The number of aromatic nitrogens is 2. The number of benzene rings is 1. The van der Waals surface area contributed by atoms with Crippen LogP contribution in [0.3, 0.4) is 0 Å². The third-order valence-corrected chi connectivity index (χ3v) is 9.57. The molecule has 0 amide bonds. The number of carbonyl (C=O) groups excluding carboxylic acids is 1. The summed E-state index contributed by atoms with van der Waals surface area (Å²) in [7, 11) is 0. The van der Waals surface area contributed by atoms with Gasteiger partial charge in [0, 0.05) is 35.3 Å². The molecule has 3 saturated heterocycles. The molecule has 0 spiro atoms. The summed E-state index contributed by atoms with van der Waals surface area (Å²) in [5.41, 5.74) is 1.02. The van der Waals surface area contributed by atoms with Gasteiger partial charge in [0.25, 0.3) is 0 Å². The molecule has 1 aliphatic carbocycles. The molecule has 14 nitrogen and oxygen atoms in total. The van der Waals surface area contributed by atoms with Gasteiger partial charge in [-0.2, -0.15) is 0 Å². The second-order valence-corrected chi connectivity index (χ2v) is 12.9. The minimum atomic E-state index is -4.88. The van der Waals surface area contributed by atoms with Crippen molar-refractivity contribution in [2.24, 2.45) is 0 Å². The molecule has 2 bridgehead atoms. The zero-order valence-electron chi connectivity index (χ0n) is 26.3. The Morgan fingerprint density at radius 2 is 1.68 bits per heavy atom.